The fourth-order valence-corrected chi connectivity index (χ4v) is 3.43. The molecule has 5 aromatic rings. The molecule has 4 heteroatoms. The Balaban J connectivity index is 1.71. The molecule has 0 bridgehead atoms. The zero-order valence-corrected chi connectivity index (χ0v) is 13.9. The standard InChI is InChI=1S/C21H17N4/c1-23-15-25(21-12-5-4-11-20(21)23)17-8-6-7-16(13-17)24-14-22-18-9-2-3-10-19(18)24/h2-15H,1H3/q+1. The van der Waals surface area contributed by atoms with Crippen LogP contribution in [0.4, 0.5) is 0 Å². The van der Waals surface area contributed by atoms with Crippen LogP contribution in [0.5, 0.6) is 0 Å². The van der Waals surface area contributed by atoms with Gasteiger partial charge in [0, 0.05) is 6.07 Å². The molecule has 25 heavy (non-hydrogen) atoms. The van der Waals surface area contributed by atoms with Gasteiger partial charge in [0.25, 0.3) is 0 Å². The average Bonchev–Trinajstić information content (AvgIpc) is 3.24. The Morgan fingerprint density at radius 2 is 1.48 bits per heavy atom. The van der Waals surface area contributed by atoms with Crippen molar-refractivity contribution >= 4 is 22.1 Å². The minimum atomic E-state index is 1.01. The molecule has 0 aliphatic carbocycles. The summed E-state index contributed by atoms with van der Waals surface area (Å²) in [4.78, 5) is 4.50. The van der Waals surface area contributed by atoms with Crippen LogP contribution < -0.4 is 4.57 Å². The van der Waals surface area contributed by atoms with E-state index in [4.69, 9.17) is 0 Å². The molecule has 3 aromatic carbocycles. The van der Waals surface area contributed by atoms with E-state index in [-0.39, 0.29) is 0 Å². The molecule has 0 amide bonds. The molecule has 4 nitrogen and oxygen atoms in total. The molecular weight excluding hydrogens is 308 g/mol. The van der Waals surface area contributed by atoms with Crippen molar-refractivity contribution in [1.82, 2.24) is 14.1 Å². The third-order valence-corrected chi connectivity index (χ3v) is 4.65. The molecule has 120 valence electrons. The van der Waals surface area contributed by atoms with Gasteiger partial charge in [0.1, 0.15) is 12.0 Å². The van der Waals surface area contributed by atoms with Gasteiger partial charge in [-0.25, -0.2) is 9.55 Å². The van der Waals surface area contributed by atoms with E-state index >= 15 is 0 Å². The van der Waals surface area contributed by atoms with E-state index in [1.807, 2.05) is 24.5 Å². The van der Waals surface area contributed by atoms with Crippen molar-refractivity contribution in [1.29, 1.82) is 0 Å². The van der Waals surface area contributed by atoms with Gasteiger partial charge in [-0.3, -0.25) is 4.57 Å². The predicted octanol–water partition coefficient (Wildman–Crippen LogP) is 3.79. The molecule has 0 aliphatic rings. The number of nitrogens with zero attached hydrogens (tertiary/aromatic N) is 4. The molecule has 2 heterocycles. The molecule has 0 N–H and O–H groups in total. The molecule has 0 radical (unpaired) electrons. The molecule has 0 fully saturated rings. The number of benzene rings is 3. The van der Waals surface area contributed by atoms with Gasteiger partial charge in [0.05, 0.1) is 23.8 Å². The van der Waals surface area contributed by atoms with Gasteiger partial charge in [-0.2, -0.15) is 4.57 Å². The highest BCUT2D eigenvalue weighted by molar-refractivity contribution is 5.78. The third-order valence-electron chi connectivity index (χ3n) is 4.65. The Morgan fingerprint density at radius 3 is 2.36 bits per heavy atom. The fourth-order valence-electron chi connectivity index (χ4n) is 3.43. The summed E-state index contributed by atoms with van der Waals surface area (Å²) in [5.74, 6) is 0. The maximum Gasteiger partial charge on any atom is 0.249 e. The normalized spacial score (nSPS) is 11.4. The number of aromatic nitrogens is 4. The van der Waals surface area contributed by atoms with Gasteiger partial charge < -0.3 is 0 Å². The molecule has 0 saturated heterocycles. The lowest BCUT2D eigenvalue weighted by Crippen LogP contribution is -2.25. The summed E-state index contributed by atoms with van der Waals surface area (Å²) in [6.07, 6.45) is 4.01. The second kappa shape index (κ2) is 5.31. The van der Waals surface area contributed by atoms with Crippen molar-refractivity contribution in [2.75, 3.05) is 0 Å². The summed E-state index contributed by atoms with van der Waals surface area (Å²) in [6, 6.07) is 25.2. The van der Waals surface area contributed by atoms with Crippen LogP contribution in [-0.2, 0) is 7.05 Å². The number of aryl methyl sites for hydroxylation is 1. The van der Waals surface area contributed by atoms with Gasteiger partial charge in [-0.1, -0.05) is 30.3 Å². The highest BCUT2D eigenvalue weighted by Crippen LogP contribution is 2.22. The van der Waals surface area contributed by atoms with Crippen LogP contribution >= 0.6 is 0 Å². The van der Waals surface area contributed by atoms with E-state index in [2.05, 4.69) is 86.7 Å². The van der Waals surface area contributed by atoms with Gasteiger partial charge in [-0.15, -0.1) is 0 Å². The second-order valence-electron chi connectivity index (χ2n) is 6.21. The zero-order valence-electron chi connectivity index (χ0n) is 13.9. The Labute approximate surface area is 145 Å². The molecule has 0 atom stereocenters. The van der Waals surface area contributed by atoms with Gasteiger partial charge >= 0.3 is 0 Å². The maximum atomic E-state index is 4.50. The molecule has 0 unspecified atom stereocenters. The third kappa shape index (κ3) is 2.15. The fraction of sp³-hybridized carbons (Fsp3) is 0.0476. The molecule has 0 aliphatic heterocycles. The van der Waals surface area contributed by atoms with Gasteiger partial charge in [0.2, 0.25) is 6.33 Å². The van der Waals surface area contributed by atoms with Crippen molar-refractivity contribution in [2.24, 2.45) is 7.05 Å². The SMILES string of the molecule is C[n+]1cn(-c2cccc(-n3cnc4ccccc43)c2)c2ccccc21. The Morgan fingerprint density at radius 1 is 0.760 bits per heavy atom. The van der Waals surface area contributed by atoms with Gasteiger partial charge in [-0.05, 0) is 36.4 Å². The summed E-state index contributed by atoms with van der Waals surface area (Å²) in [6.45, 7) is 0. The van der Waals surface area contributed by atoms with Crippen molar-refractivity contribution < 1.29 is 4.57 Å². The summed E-state index contributed by atoms with van der Waals surface area (Å²) < 4.78 is 6.50. The van der Waals surface area contributed by atoms with Crippen LogP contribution in [0.2, 0.25) is 0 Å². The largest absolute Gasteiger partial charge is 0.299 e. The molecule has 0 spiro atoms. The predicted molar refractivity (Wildman–Crippen MR) is 99.1 cm³/mol. The number of hydrogen-bond acceptors (Lipinski definition) is 1. The summed E-state index contributed by atoms with van der Waals surface area (Å²) in [5, 5.41) is 0. The molecule has 0 saturated carbocycles. The average molecular weight is 325 g/mol. The number of para-hydroxylation sites is 4. The van der Waals surface area contributed by atoms with Gasteiger partial charge in [0.15, 0.2) is 11.0 Å². The Kier molecular flexibility index (Phi) is 2.97. The smallest absolute Gasteiger partial charge is 0.249 e. The lowest BCUT2D eigenvalue weighted by molar-refractivity contribution is -0.645. The monoisotopic (exact) mass is 325 g/mol. The Hall–Kier alpha value is -3.40. The minimum Gasteiger partial charge on any atom is -0.299 e. The van der Waals surface area contributed by atoms with Crippen molar-refractivity contribution in [3.05, 3.63) is 85.5 Å². The van der Waals surface area contributed by atoms with Crippen molar-refractivity contribution in [3.63, 3.8) is 0 Å². The van der Waals surface area contributed by atoms with Crippen LogP contribution in [0, 0.1) is 0 Å². The first-order chi connectivity index (χ1) is 12.3. The van der Waals surface area contributed by atoms with E-state index in [0.29, 0.717) is 0 Å². The van der Waals surface area contributed by atoms with Crippen LogP contribution in [0.1, 0.15) is 0 Å². The topological polar surface area (TPSA) is 26.6 Å². The first-order valence-electron chi connectivity index (χ1n) is 8.30. The first kappa shape index (κ1) is 14.0. The van der Waals surface area contributed by atoms with Crippen molar-refractivity contribution in [3.8, 4) is 11.4 Å². The maximum absolute atomic E-state index is 4.50. The van der Waals surface area contributed by atoms with Crippen LogP contribution in [-0.4, -0.2) is 14.1 Å². The summed E-state index contributed by atoms with van der Waals surface area (Å²) in [7, 11) is 2.08. The van der Waals surface area contributed by atoms with E-state index in [1.54, 1.807) is 0 Å². The van der Waals surface area contributed by atoms with E-state index in [0.717, 1.165) is 22.4 Å². The van der Waals surface area contributed by atoms with Crippen molar-refractivity contribution in [2.45, 2.75) is 0 Å². The summed E-state index contributed by atoms with van der Waals surface area (Å²) >= 11 is 0. The second-order valence-corrected chi connectivity index (χ2v) is 6.21. The minimum absolute atomic E-state index is 1.01. The first-order valence-corrected chi connectivity index (χ1v) is 8.30. The highest BCUT2D eigenvalue weighted by atomic mass is 15.1. The van der Waals surface area contributed by atoms with E-state index in [1.165, 1.54) is 11.0 Å². The molecule has 2 aromatic heterocycles. The number of hydrogen-bond donors (Lipinski definition) is 0. The quantitative estimate of drug-likeness (QED) is 0.454. The number of rotatable bonds is 2. The van der Waals surface area contributed by atoms with Crippen LogP contribution in [0.3, 0.4) is 0 Å². The summed E-state index contributed by atoms with van der Waals surface area (Å²) in [5.41, 5.74) is 6.76. The molecule has 5 rings (SSSR count). The highest BCUT2D eigenvalue weighted by Gasteiger charge is 2.15. The number of imidazole rings is 2. The Bertz CT molecular complexity index is 1210. The van der Waals surface area contributed by atoms with Crippen LogP contribution in [0.25, 0.3) is 33.4 Å². The van der Waals surface area contributed by atoms with Crippen LogP contribution in [0.15, 0.2) is 85.5 Å². The van der Waals surface area contributed by atoms with E-state index in [9.17, 15) is 0 Å². The zero-order chi connectivity index (χ0) is 16.8. The molecular formula is C21H17N4+. The number of fused-ring (bicyclic) bond motifs is 2. The lowest BCUT2D eigenvalue weighted by Gasteiger charge is -2.05. The lowest BCUT2D eigenvalue weighted by atomic mass is 10.2. The van der Waals surface area contributed by atoms with E-state index < -0.39 is 0 Å².